The zero-order valence-corrected chi connectivity index (χ0v) is 11.0. The first-order chi connectivity index (χ1) is 8.19. The van der Waals surface area contributed by atoms with Gasteiger partial charge in [0.15, 0.2) is 4.47 Å². The molecule has 17 heavy (non-hydrogen) atoms. The van der Waals surface area contributed by atoms with Gasteiger partial charge >= 0.3 is 0 Å². The molecule has 0 radical (unpaired) electrons. The summed E-state index contributed by atoms with van der Waals surface area (Å²) in [4.78, 5) is 5.08. The van der Waals surface area contributed by atoms with E-state index >= 15 is 0 Å². The summed E-state index contributed by atoms with van der Waals surface area (Å²) in [6, 6.07) is 5.87. The van der Waals surface area contributed by atoms with Crippen molar-refractivity contribution in [3.63, 3.8) is 0 Å². The van der Waals surface area contributed by atoms with Crippen LogP contribution < -0.4 is 5.32 Å². The zero-order valence-electron chi connectivity index (χ0n) is 9.40. The van der Waals surface area contributed by atoms with E-state index in [9.17, 15) is 0 Å². The number of aliphatic hydroxyl groups is 1. The number of thiazole rings is 1. The van der Waals surface area contributed by atoms with E-state index < -0.39 is 0 Å². The van der Waals surface area contributed by atoms with E-state index in [1.54, 1.807) is 6.20 Å². The molecule has 1 aromatic heterocycles. The monoisotopic (exact) mass is 268 g/mol. The lowest BCUT2D eigenvalue weighted by molar-refractivity contribution is 0.282. The molecule has 0 saturated heterocycles. The fraction of sp³-hybridized carbons (Fsp3) is 0.250. The van der Waals surface area contributed by atoms with Crippen LogP contribution in [0, 0.1) is 6.92 Å². The summed E-state index contributed by atoms with van der Waals surface area (Å²) < 4.78 is 0.558. The SMILES string of the molecule is Cc1ccc(CO)cc1NCc1cnc(Cl)s1. The molecule has 3 nitrogen and oxygen atoms in total. The average molecular weight is 269 g/mol. The summed E-state index contributed by atoms with van der Waals surface area (Å²) in [6.45, 7) is 2.78. The van der Waals surface area contributed by atoms with Crippen molar-refractivity contribution in [3.05, 3.63) is 44.9 Å². The van der Waals surface area contributed by atoms with Gasteiger partial charge in [0.25, 0.3) is 0 Å². The van der Waals surface area contributed by atoms with Crippen LogP contribution in [0.5, 0.6) is 0 Å². The van der Waals surface area contributed by atoms with E-state index in [1.165, 1.54) is 11.3 Å². The molecule has 0 spiro atoms. The maximum absolute atomic E-state index is 9.09. The molecule has 0 atom stereocenters. The molecule has 5 heteroatoms. The third-order valence-corrected chi connectivity index (χ3v) is 3.58. The van der Waals surface area contributed by atoms with Gasteiger partial charge in [-0.05, 0) is 24.1 Å². The van der Waals surface area contributed by atoms with E-state index in [-0.39, 0.29) is 6.61 Å². The number of aromatic nitrogens is 1. The Labute approximate surface area is 109 Å². The van der Waals surface area contributed by atoms with Crippen LogP contribution in [0.25, 0.3) is 0 Å². The van der Waals surface area contributed by atoms with Crippen molar-refractivity contribution in [1.82, 2.24) is 4.98 Å². The minimum Gasteiger partial charge on any atom is -0.392 e. The van der Waals surface area contributed by atoms with Gasteiger partial charge in [0.2, 0.25) is 0 Å². The molecule has 2 aromatic rings. The lowest BCUT2D eigenvalue weighted by Crippen LogP contribution is -2.00. The number of nitrogens with zero attached hydrogens (tertiary/aromatic N) is 1. The van der Waals surface area contributed by atoms with Crippen molar-refractivity contribution in [1.29, 1.82) is 0 Å². The molecule has 90 valence electrons. The molecule has 0 aliphatic carbocycles. The van der Waals surface area contributed by atoms with Crippen LogP contribution in [-0.2, 0) is 13.2 Å². The molecule has 1 aromatic carbocycles. The molecular formula is C12H13ClN2OS. The van der Waals surface area contributed by atoms with Gasteiger partial charge in [-0.3, -0.25) is 0 Å². The second-order valence-electron chi connectivity index (χ2n) is 3.74. The van der Waals surface area contributed by atoms with Crippen molar-refractivity contribution in [2.45, 2.75) is 20.1 Å². The van der Waals surface area contributed by atoms with Gasteiger partial charge in [0.05, 0.1) is 13.2 Å². The number of benzene rings is 1. The predicted molar refractivity (Wildman–Crippen MR) is 71.6 cm³/mol. The Kier molecular flexibility index (Phi) is 3.99. The molecule has 0 aliphatic rings. The van der Waals surface area contributed by atoms with Gasteiger partial charge in [-0.1, -0.05) is 23.7 Å². The average Bonchev–Trinajstić information content (AvgIpc) is 2.74. The van der Waals surface area contributed by atoms with E-state index in [0.717, 1.165) is 21.7 Å². The van der Waals surface area contributed by atoms with E-state index in [4.69, 9.17) is 16.7 Å². The van der Waals surface area contributed by atoms with Crippen molar-refractivity contribution >= 4 is 28.6 Å². The first-order valence-electron chi connectivity index (χ1n) is 5.23. The third-order valence-electron chi connectivity index (χ3n) is 2.46. The molecule has 1 heterocycles. The second kappa shape index (κ2) is 5.49. The van der Waals surface area contributed by atoms with Crippen LogP contribution in [-0.4, -0.2) is 10.1 Å². The second-order valence-corrected chi connectivity index (χ2v) is 5.44. The van der Waals surface area contributed by atoms with Gasteiger partial charge in [-0.2, -0.15) is 0 Å². The largest absolute Gasteiger partial charge is 0.392 e. The van der Waals surface area contributed by atoms with Crippen LogP contribution in [0.15, 0.2) is 24.4 Å². The summed E-state index contributed by atoms with van der Waals surface area (Å²) in [5.41, 5.74) is 3.08. The molecule has 0 bridgehead atoms. The molecule has 0 aliphatic heterocycles. The van der Waals surface area contributed by atoms with Crippen LogP contribution in [0.2, 0.25) is 4.47 Å². The number of aryl methyl sites for hydroxylation is 1. The third kappa shape index (κ3) is 3.19. The highest BCUT2D eigenvalue weighted by Gasteiger charge is 2.02. The minimum absolute atomic E-state index is 0.0569. The van der Waals surface area contributed by atoms with Crippen molar-refractivity contribution < 1.29 is 5.11 Å². The van der Waals surface area contributed by atoms with Crippen LogP contribution >= 0.6 is 22.9 Å². The molecular weight excluding hydrogens is 256 g/mol. The quantitative estimate of drug-likeness (QED) is 0.895. The standard InChI is InChI=1S/C12H13ClN2OS/c1-8-2-3-9(7-16)4-11(8)14-5-10-6-15-12(13)17-10/h2-4,6,14,16H,5,7H2,1H3. The molecule has 0 fully saturated rings. The van der Waals surface area contributed by atoms with Crippen molar-refractivity contribution in [2.75, 3.05) is 5.32 Å². The minimum atomic E-state index is 0.0569. The zero-order chi connectivity index (χ0) is 12.3. The maximum Gasteiger partial charge on any atom is 0.183 e. The highest BCUT2D eigenvalue weighted by Crippen LogP contribution is 2.21. The number of anilines is 1. The molecule has 0 amide bonds. The smallest absolute Gasteiger partial charge is 0.183 e. The van der Waals surface area contributed by atoms with Crippen LogP contribution in [0.3, 0.4) is 0 Å². The van der Waals surface area contributed by atoms with E-state index in [0.29, 0.717) is 11.0 Å². The normalized spacial score (nSPS) is 10.5. The molecule has 2 N–H and O–H groups in total. The summed E-state index contributed by atoms with van der Waals surface area (Å²) in [6.07, 6.45) is 1.77. The van der Waals surface area contributed by atoms with E-state index in [2.05, 4.69) is 10.3 Å². The van der Waals surface area contributed by atoms with Crippen molar-refractivity contribution in [2.24, 2.45) is 0 Å². The van der Waals surface area contributed by atoms with Gasteiger partial charge in [-0.15, -0.1) is 11.3 Å². The van der Waals surface area contributed by atoms with E-state index in [1.807, 2.05) is 25.1 Å². The summed E-state index contributed by atoms with van der Waals surface area (Å²) in [7, 11) is 0. The van der Waals surface area contributed by atoms with Crippen LogP contribution in [0.1, 0.15) is 16.0 Å². The fourth-order valence-electron chi connectivity index (χ4n) is 1.51. The summed E-state index contributed by atoms with van der Waals surface area (Å²) in [5.74, 6) is 0. The highest BCUT2D eigenvalue weighted by molar-refractivity contribution is 7.15. The summed E-state index contributed by atoms with van der Waals surface area (Å²) >= 11 is 7.23. The number of hydrogen-bond acceptors (Lipinski definition) is 4. The Balaban J connectivity index is 2.07. The number of halogens is 1. The Morgan fingerprint density at radius 3 is 2.94 bits per heavy atom. The van der Waals surface area contributed by atoms with Crippen molar-refractivity contribution in [3.8, 4) is 0 Å². The van der Waals surface area contributed by atoms with Gasteiger partial charge in [-0.25, -0.2) is 4.98 Å². The van der Waals surface area contributed by atoms with Gasteiger partial charge < -0.3 is 10.4 Å². The Morgan fingerprint density at radius 2 is 2.29 bits per heavy atom. The number of nitrogens with one attached hydrogen (secondary N) is 1. The molecule has 0 unspecified atom stereocenters. The molecule has 0 saturated carbocycles. The van der Waals surface area contributed by atoms with Gasteiger partial charge in [0, 0.05) is 16.8 Å². The Hall–Kier alpha value is -1.10. The number of hydrogen-bond donors (Lipinski definition) is 2. The molecule has 2 rings (SSSR count). The first kappa shape index (κ1) is 12.4. The maximum atomic E-state index is 9.09. The fourth-order valence-corrected chi connectivity index (χ4v) is 2.42. The van der Waals surface area contributed by atoms with Gasteiger partial charge in [0.1, 0.15) is 0 Å². The lowest BCUT2D eigenvalue weighted by atomic mass is 10.1. The van der Waals surface area contributed by atoms with Crippen LogP contribution in [0.4, 0.5) is 5.69 Å². The predicted octanol–water partition coefficient (Wildman–Crippen LogP) is 3.21. The summed E-state index contributed by atoms with van der Waals surface area (Å²) in [5, 5.41) is 12.4. The lowest BCUT2D eigenvalue weighted by Gasteiger charge is -2.09. The number of rotatable bonds is 4. The first-order valence-corrected chi connectivity index (χ1v) is 6.43. The highest BCUT2D eigenvalue weighted by atomic mass is 35.5. The Morgan fingerprint density at radius 1 is 1.47 bits per heavy atom. The topological polar surface area (TPSA) is 45.1 Å². The number of aliphatic hydroxyl groups excluding tert-OH is 1. The Bertz CT molecular complexity index is 513.